The van der Waals surface area contributed by atoms with Crippen molar-refractivity contribution in [2.75, 3.05) is 55.4 Å². The minimum absolute atomic E-state index is 0.172. The molecule has 0 spiro atoms. The van der Waals surface area contributed by atoms with Crippen LogP contribution in [0.2, 0.25) is 0 Å². The quantitative estimate of drug-likeness (QED) is 0.557. The lowest BCUT2D eigenvalue weighted by atomic mass is 10.2. The van der Waals surface area contributed by atoms with Crippen molar-refractivity contribution >= 4 is 39.1 Å². The lowest BCUT2D eigenvalue weighted by Gasteiger charge is -2.27. The van der Waals surface area contributed by atoms with Crippen LogP contribution in [0.25, 0.3) is 0 Å². The molecule has 1 aromatic heterocycles. The number of hydrogen-bond acceptors (Lipinski definition) is 8. The molecule has 178 valence electrons. The molecule has 3 heterocycles. The van der Waals surface area contributed by atoms with Crippen LogP contribution in [0, 0.1) is 0 Å². The first kappa shape index (κ1) is 22.6. The van der Waals surface area contributed by atoms with Crippen LogP contribution in [-0.2, 0) is 19.6 Å². The van der Waals surface area contributed by atoms with Gasteiger partial charge in [0, 0.05) is 32.2 Å². The molecule has 12 heteroatoms. The molecule has 1 aliphatic carbocycles. The number of nitrogens with zero attached hydrogens (tertiary/aromatic N) is 5. The van der Waals surface area contributed by atoms with Gasteiger partial charge in [-0.05, 0) is 43.9 Å². The number of benzene rings is 1. The summed E-state index contributed by atoms with van der Waals surface area (Å²) >= 11 is 1.34. The zero-order chi connectivity index (χ0) is 22.8. The van der Waals surface area contributed by atoms with Gasteiger partial charge >= 0.3 is 0 Å². The second kappa shape index (κ2) is 9.61. The van der Waals surface area contributed by atoms with E-state index in [0.29, 0.717) is 38.0 Å². The summed E-state index contributed by atoms with van der Waals surface area (Å²) in [7, 11) is -3.66. The number of ether oxygens (including phenoxy) is 1. The number of amides is 1. The summed E-state index contributed by atoms with van der Waals surface area (Å²) in [5.41, 5.74) is 1.38. The molecule has 0 radical (unpaired) electrons. The fourth-order valence-electron chi connectivity index (χ4n) is 4.20. The van der Waals surface area contributed by atoms with E-state index in [1.165, 1.54) is 16.1 Å². The second-order valence-corrected chi connectivity index (χ2v) is 11.4. The summed E-state index contributed by atoms with van der Waals surface area (Å²) in [6.45, 7) is 3.20. The summed E-state index contributed by atoms with van der Waals surface area (Å²) in [5.74, 6) is -0.0302. The highest BCUT2D eigenvalue weighted by atomic mass is 32.2. The number of sulfonamides is 1. The van der Waals surface area contributed by atoms with Crippen molar-refractivity contribution in [2.24, 2.45) is 0 Å². The van der Waals surface area contributed by atoms with Crippen molar-refractivity contribution in [3.05, 3.63) is 24.5 Å². The molecule has 2 aliphatic heterocycles. The Hall–Kier alpha value is -2.15. The Morgan fingerprint density at radius 3 is 2.64 bits per heavy atom. The Bertz CT molecular complexity index is 1110. The van der Waals surface area contributed by atoms with Gasteiger partial charge in [-0.3, -0.25) is 4.79 Å². The van der Waals surface area contributed by atoms with Crippen LogP contribution in [-0.4, -0.2) is 78.5 Å². The predicted molar refractivity (Wildman–Crippen MR) is 125 cm³/mol. The van der Waals surface area contributed by atoms with Gasteiger partial charge in [0.25, 0.3) is 0 Å². The van der Waals surface area contributed by atoms with E-state index in [2.05, 4.69) is 20.4 Å². The highest BCUT2D eigenvalue weighted by Crippen LogP contribution is 2.37. The molecular weight excluding hydrogens is 464 g/mol. The van der Waals surface area contributed by atoms with Gasteiger partial charge in [-0.1, -0.05) is 11.8 Å². The summed E-state index contributed by atoms with van der Waals surface area (Å²) in [6.07, 6.45) is 6.09. The van der Waals surface area contributed by atoms with E-state index in [9.17, 15) is 13.2 Å². The summed E-state index contributed by atoms with van der Waals surface area (Å²) in [4.78, 5) is 15.2. The molecule has 3 aliphatic rings. The number of nitrogens with one attached hydrogen (secondary N) is 1. The molecule has 2 saturated heterocycles. The first-order valence-corrected chi connectivity index (χ1v) is 13.7. The number of thioether (sulfide) groups is 1. The molecule has 3 fully saturated rings. The number of carbonyl (C=O) groups is 1. The van der Waals surface area contributed by atoms with Gasteiger partial charge in [-0.25, -0.2) is 8.42 Å². The maximum absolute atomic E-state index is 13.2. The van der Waals surface area contributed by atoms with Crippen molar-refractivity contribution in [1.29, 1.82) is 0 Å². The monoisotopic (exact) mass is 492 g/mol. The van der Waals surface area contributed by atoms with Gasteiger partial charge in [0.15, 0.2) is 5.16 Å². The Morgan fingerprint density at radius 1 is 1.15 bits per heavy atom. The molecule has 1 aromatic carbocycles. The van der Waals surface area contributed by atoms with Crippen molar-refractivity contribution in [1.82, 2.24) is 19.1 Å². The Labute approximate surface area is 197 Å². The number of anilines is 2. The Balaban J connectivity index is 1.35. The smallest absolute Gasteiger partial charge is 0.243 e. The summed E-state index contributed by atoms with van der Waals surface area (Å²) < 4.78 is 35.1. The normalized spacial score (nSPS) is 19.7. The zero-order valence-corrected chi connectivity index (χ0v) is 20.0. The molecule has 0 bridgehead atoms. The van der Waals surface area contributed by atoms with Crippen LogP contribution >= 0.6 is 11.8 Å². The molecule has 5 rings (SSSR count). The third kappa shape index (κ3) is 5.03. The SMILES string of the molecule is O=C(CSc1nncn1C1CC1)Nc1cc(S(=O)(=O)N2CCOCC2)ccc1N1CCCC1. The van der Waals surface area contributed by atoms with Crippen LogP contribution < -0.4 is 10.2 Å². The first-order chi connectivity index (χ1) is 16.0. The molecule has 2 aromatic rings. The number of hydrogen-bond donors (Lipinski definition) is 1. The van der Waals surface area contributed by atoms with E-state index in [1.54, 1.807) is 18.5 Å². The molecule has 1 saturated carbocycles. The minimum atomic E-state index is -3.66. The van der Waals surface area contributed by atoms with Crippen LogP contribution in [0.3, 0.4) is 0 Å². The Morgan fingerprint density at radius 2 is 1.91 bits per heavy atom. The van der Waals surface area contributed by atoms with Crippen molar-refractivity contribution in [2.45, 2.75) is 41.8 Å². The van der Waals surface area contributed by atoms with Gasteiger partial charge in [0.05, 0.1) is 35.2 Å². The van der Waals surface area contributed by atoms with Crippen molar-refractivity contribution in [3.8, 4) is 0 Å². The van der Waals surface area contributed by atoms with Gasteiger partial charge < -0.3 is 19.5 Å². The summed E-state index contributed by atoms with van der Waals surface area (Å²) in [5, 5.41) is 11.8. The number of carbonyl (C=O) groups excluding carboxylic acids is 1. The average Bonchev–Trinajstić information content (AvgIpc) is 3.32. The van der Waals surface area contributed by atoms with Gasteiger partial charge in [-0.2, -0.15) is 4.31 Å². The van der Waals surface area contributed by atoms with Gasteiger partial charge in [0.1, 0.15) is 6.33 Å². The molecule has 1 N–H and O–H groups in total. The van der Waals surface area contributed by atoms with E-state index >= 15 is 0 Å². The van der Waals surface area contributed by atoms with Crippen LogP contribution in [0.4, 0.5) is 11.4 Å². The lowest BCUT2D eigenvalue weighted by Crippen LogP contribution is -2.40. The molecule has 10 nitrogen and oxygen atoms in total. The lowest BCUT2D eigenvalue weighted by molar-refractivity contribution is -0.113. The van der Waals surface area contributed by atoms with Gasteiger partial charge in [-0.15, -0.1) is 10.2 Å². The number of aromatic nitrogens is 3. The van der Waals surface area contributed by atoms with E-state index < -0.39 is 10.0 Å². The largest absolute Gasteiger partial charge is 0.379 e. The molecule has 0 unspecified atom stereocenters. The topological polar surface area (TPSA) is 110 Å². The fourth-order valence-corrected chi connectivity index (χ4v) is 6.42. The third-order valence-corrected chi connectivity index (χ3v) is 8.96. The highest BCUT2D eigenvalue weighted by molar-refractivity contribution is 7.99. The van der Waals surface area contributed by atoms with Crippen LogP contribution in [0.5, 0.6) is 0 Å². The van der Waals surface area contributed by atoms with E-state index in [4.69, 9.17) is 4.74 Å². The second-order valence-electron chi connectivity index (χ2n) is 8.48. The van der Waals surface area contributed by atoms with Gasteiger partial charge in [0.2, 0.25) is 15.9 Å². The maximum Gasteiger partial charge on any atom is 0.243 e. The van der Waals surface area contributed by atoms with Crippen LogP contribution in [0.15, 0.2) is 34.6 Å². The van der Waals surface area contributed by atoms with E-state index in [0.717, 1.165) is 49.6 Å². The van der Waals surface area contributed by atoms with Crippen molar-refractivity contribution < 1.29 is 17.9 Å². The standard InChI is InChI=1S/C21H28N6O4S2/c28-20(14-32-21-24-22-15-27(21)16-3-4-16)23-18-13-17(5-6-19(18)25-7-1-2-8-25)33(29,30)26-9-11-31-12-10-26/h5-6,13,15-16H,1-4,7-12,14H2,(H,23,28). The molecule has 0 atom stereocenters. The molecular formula is C21H28N6O4S2. The van der Waals surface area contributed by atoms with Crippen molar-refractivity contribution in [3.63, 3.8) is 0 Å². The summed E-state index contributed by atoms with van der Waals surface area (Å²) in [6, 6.07) is 5.48. The van der Waals surface area contributed by atoms with E-state index in [-0.39, 0.29) is 16.6 Å². The predicted octanol–water partition coefficient (Wildman–Crippen LogP) is 1.96. The highest BCUT2D eigenvalue weighted by Gasteiger charge is 2.29. The number of morpholine rings is 1. The fraction of sp³-hybridized carbons (Fsp3) is 0.571. The number of rotatable bonds is 8. The van der Waals surface area contributed by atoms with E-state index in [1.807, 2.05) is 10.6 Å². The first-order valence-electron chi connectivity index (χ1n) is 11.3. The maximum atomic E-state index is 13.2. The molecule has 1 amide bonds. The van der Waals surface area contributed by atoms with Crippen LogP contribution in [0.1, 0.15) is 31.7 Å². The molecule has 33 heavy (non-hydrogen) atoms. The third-order valence-electron chi connectivity index (χ3n) is 6.11. The Kier molecular flexibility index (Phi) is 6.59. The average molecular weight is 493 g/mol. The minimum Gasteiger partial charge on any atom is -0.379 e. The zero-order valence-electron chi connectivity index (χ0n) is 18.4.